The molecule has 1 heterocycles. The summed E-state index contributed by atoms with van der Waals surface area (Å²) in [7, 11) is 0. The van der Waals surface area contributed by atoms with Crippen molar-refractivity contribution in [3.05, 3.63) is 36.7 Å². The van der Waals surface area contributed by atoms with E-state index >= 15 is 0 Å². The predicted molar refractivity (Wildman–Crippen MR) is 82.9 cm³/mol. The molecule has 1 atom stereocenters. The molecular weight excluding hydrogens is 250 g/mol. The smallest absolute Gasteiger partial charge is 0.127 e. The van der Waals surface area contributed by atoms with E-state index in [9.17, 15) is 0 Å². The van der Waals surface area contributed by atoms with E-state index < -0.39 is 0 Å². The average Bonchev–Trinajstić information content (AvgIpc) is 2.78. The Bertz CT molecular complexity index is 589. The number of hydrogen-bond donors (Lipinski definition) is 1. The molecule has 0 saturated heterocycles. The van der Waals surface area contributed by atoms with Gasteiger partial charge in [0.1, 0.15) is 11.6 Å². The van der Waals surface area contributed by atoms with Crippen molar-refractivity contribution in [2.75, 3.05) is 6.61 Å². The fourth-order valence-electron chi connectivity index (χ4n) is 2.43. The summed E-state index contributed by atoms with van der Waals surface area (Å²) in [6.45, 7) is 9.30. The van der Waals surface area contributed by atoms with Crippen LogP contribution >= 0.6 is 0 Å². The first-order chi connectivity index (χ1) is 9.71. The van der Waals surface area contributed by atoms with Crippen LogP contribution in [0.5, 0.6) is 5.75 Å². The molecule has 2 aromatic rings. The van der Waals surface area contributed by atoms with Gasteiger partial charge in [-0.3, -0.25) is 0 Å². The Morgan fingerprint density at radius 3 is 2.90 bits per heavy atom. The van der Waals surface area contributed by atoms with Crippen LogP contribution < -0.4 is 10.5 Å². The van der Waals surface area contributed by atoms with Crippen LogP contribution in [0.15, 0.2) is 30.9 Å². The molecule has 0 bridgehead atoms. The summed E-state index contributed by atoms with van der Waals surface area (Å²) in [6.07, 6.45) is 3.85. The van der Waals surface area contributed by atoms with Crippen LogP contribution in [0.4, 0.5) is 0 Å². The third-order valence-corrected chi connectivity index (χ3v) is 3.30. The maximum absolute atomic E-state index is 6.25. The lowest BCUT2D eigenvalue weighted by atomic mass is 10.2. The van der Waals surface area contributed by atoms with E-state index in [0.717, 1.165) is 42.0 Å². The highest BCUT2D eigenvalue weighted by Crippen LogP contribution is 2.25. The number of allylic oxidation sites excluding steroid dienone is 1. The summed E-state index contributed by atoms with van der Waals surface area (Å²) in [4.78, 5) is 4.70. The Labute approximate surface area is 120 Å². The summed E-state index contributed by atoms with van der Waals surface area (Å²) in [5.41, 5.74) is 8.26. The SMILES string of the molecule is C=CCn1c(C(N)CCC)nc2cc(OCC)ccc21. The molecule has 1 aromatic heterocycles. The van der Waals surface area contributed by atoms with Gasteiger partial charge in [0.25, 0.3) is 0 Å². The van der Waals surface area contributed by atoms with Crippen LogP contribution in [-0.2, 0) is 6.54 Å². The molecular formula is C16H23N3O. The van der Waals surface area contributed by atoms with Crippen LogP contribution in [-0.4, -0.2) is 16.2 Å². The Hall–Kier alpha value is -1.81. The minimum atomic E-state index is -0.0390. The Morgan fingerprint density at radius 1 is 1.45 bits per heavy atom. The summed E-state index contributed by atoms with van der Waals surface area (Å²) in [5, 5.41) is 0. The van der Waals surface area contributed by atoms with Crippen molar-refractivity contribution < 1.29 is 4.74 Å². The third-order valence-electron chi connectivity index (χ3n) is 3.30. The van der Waals surface area contributed by atoms with Crippen molar-refractivity contribution >= 4 is 11.0 Å². The molecule has 0 fully saturated rings. The molecule has 0 aliphatic carbocycles. The highest BCUT2D eigenvalue weighted by molar-refractivity contribution is 5.78. The summed E-state index contributed by atoms with van der Waals surface area (Å²) in [6, 6.07) is 5.95. The molecule has 20 heavy (non-hydrogen) atoms. The van der Waals surface area contributed by atoms with Gasteiger partial charge in [0, 0.05) is 12.6 Å². The van der Waals surface area contributed by atoms with Gasteiger partial charge < -0.3 is 15.0 Å². The third kappa shape index (κ3) is 2.85. The number of aromatic nitrogens is 2. The predicted octanol–water partition coefficient (Wildman–Crippen LogP) is 3.42. The lowest BCUT2D eigenvalue weighted by Gasteiger charge is -2.12. The molecule has 1 unspecified atom stereocenters. The van der Waals surface area contributed by atoms with E-state index in [1.807, 2.05) is 31.2 Å². The zero-order valence-electron chi connectivity index (χ0n) is 12.3. The molecule has 2 N–H and O–H groups in total. The van der Waals surface area contributed by atoms with Gasteiger partial charge in [-0.2, -0.15) is 0 Å². The molecule has 0 aliphatic rings. The number of nitrogens with zero attached hydrogens (tertiary/aromatic N) is 2. The summed E-state index contributed by atoms with van der Waals surface area (Å²) in [5.74, 6) is 1.77. The van der Waals surface area contributed by atoms with Crippen LogP contribution in [0.25, 0.3) is 11.0 Å². The minimum absolute atomic E-state index is 0.0390. The summed E-state index contributed by atoms with van der Waals surface area (Å²) >= 11 is 0. The lowest BCUT2D eigenvalue weighted by Crippen LogP contribution is -2.16. The van der Waals surface area contributed by atoms with E-state index in [1.54, 1.807) is 0 Å². The van der Waals surface area contributed by atoms with E-state index in [0.29, 0.717) is 6.61 Å². The summed E-state index contributed by atoms with van der Waals surface area (Å²) < 4.78 is 7.67. The second-order valence-corrected chi connectivity index (χ2v) is 4.85. The molecule has 4 heteroatoms. The Balaban J connectivity index is 2.49. The standard InChI is InChI=1S/C16H23N3O/c1-4-7-13(17)16-18-14-11-12(20-6-3)8-9-15(14)19(16)10-5-2/h5,8-9,11,13H,2,4,6-7,10,17H2,1,3H3. The zero-order valence-corrected chi connectivity index (χ0v) is 12.3. The van der Waals surface area contributed by atoms with E-state index in [-0.39, 0.29) is 6.04 Å². The average molecular weight is 273 g/mol. The van der Waals surface area contributed by atoms with Gasteiger partial charge in [-0.25, -0.2) is 4.98 Å². The topological polar surface area (TPSA) is 53.1 Å². The van der Waals surface area contributed by atoms with Gasteiger partial charge in [0.2, 0.25) is 0 Å². The highest BCUT2D eigenvalue weighted by Gasteiger charge is 2.16. The normalized spacial score (nSPS) is 12.6. The molecule has 0 aliphatic heterocycles. The number of benzene rings is 1. The van der Waals surface area contributed by atoms with Crippen molar-refractivity contribution in [3.8, 4) is 5.75 Å². The van der Waals surface area contributed by atoms with Gasteiger partial charge >= 0.3 is 0 Å². The maximum Gasteiger partial charge on any atom is 0.127 e. The highest BCUT2D eigenvalue weighted by atomic mass is 16.5. The zero-order chi connectivity index (χ0) is 14.5. The van der Waals surface area contributed by atoms with Crippen LogP contribution in [0, 0.1) is 0 Å². The first-order valence-electron chi connectivity index (χ1n) is 7.20. The van der Waals surface area contributed by atoms with Gasteiger partial charge in [-0.05, 0) is 25.5 Å². The van der Waals surface area contributed by atoms with Crippen molar-refractivity contribution in [3.63, 3.8) is 0 Å². The van der Waals surface area contributed by atoms with Crippen molar-refractivity contribution in [1.29, 1.82) is 0 Å². The molecule has 0 radical (unpaired) electrons. The van der Waals surface area contributed by atoms with Gasteiger partial charge in [0.05, 0.1) is 23.7 Å². The number of fused-ring (bicyclic) bond motifs is 1. The van der Waals surface area contributed by atoms with Crippen LogP contribution in [0.2, 0.25) is 0 Å². The molecule has 108 valence electrons. The van der Waals surface area contributed by atoms with Gasteiger partial charge in [-0.1, -0.05) is 19.4 Å². The Morgan fingerprint density at radius 2 is 2.25 bits per heavy atom. The number of hydrogen-bond acceptors (Lipinski definition) is 3. The van der Waals surface area contributed by atoms with E-state index in [2.05, 4.69) is 18.1 Å². The van der Waals surface area contributed by atoms with E-state index in [1.165, 1.54) is 0 Å². The minimum Gasteiger partial charge on any atom is -0.494 e. The first-order valence-corrected chi connectivity index (χ1v) is 7.20. The van der Waals surface area contributed by atoms with Crippen molar-refractivity contribution in [2.45, 2.75) is 39.3 Å². The Kier molecular flexibility index (Phi) is 4.79. The number of imidazole rings is 1. The monoisotopic (exact) mass is 273 g/mol. The number of rotatable bonds is 7. The maximum atomic E-state index is 6.25. The van der Waals surface area contributed by atoms with Crippen molar-refractivity contribution in [1.82, 2.24) is 9.55 Å². The van der Waals surface area contributed by atoms with Crippen molar-refractivity contribution in [2.24, 2.45) is 5.73 Å². The van der Waals surface area contributed by atoms with E-state index in [4.69, 9.17) is 15.5 Å². The van der Waals surface area contributed by atoms with Gasteiger partial charge in [-0.15, -0.1) is 6.58 Å². The number of ether oxygens (including phenoxy) is 1. The molecule has 0 spiro atoms. The molecule has 0 saturated carbocycles. The number of nitrogens with two attached hydrogens (primary N) is 1. The largest absolute Gasteiger partial charge is 0.494 e. The molecule has 0 amide bonds. The second-order valence-electron chi connectivity index (χ2n) is 4.85. The van der Waals surface area contributed by atoms with Crippen LogP contribution in [0.3, 0.4) is 0 Å². The first kappa shape index (κ1) is 14.6. The quantitative estimate of drug-likeness (QED) is 0.786. The molecule has 1 aromatic carbocycles. The lowest BCUT2D eigenvalue weighted by molar-refractivity contribution is 0.340. The molecule has 4 nitrogen and oxygen atoms in total. The van der Waals surface area contributed by atoms with Crippen LogP contribution in [0.1, 0.15) is 38.6 Å². The second kappa shape index (κ2) is 6.57. The molecule has 2 rings (SSSR count). The fraction of sp³-hybridized carbons (Fsp3) is 0.438. The fourth-order valence-corrected chi connectivity index (χ4v) is 2.43. The van der Waals surface area contributed by atoms with Gasteiger partial charge in [0.15, 0.2) is 0 Å².